The van der Waals surface area contributed by atoms with Crippen LogP contribution in [0.3, 0.4) is 0 Å². The van der Waals surface area contributed by atoms with Crippen molar-refractivity contribution < 1.29 is 14.3 Å². The van der Waals surface area contributed by atoms with E-state index in [0.29, 0.717) is 18.6 Å². The molecule has 5 heteroatoms. The van der Waals surface area contributed by atoms with Gasteiger partial charge in [-0.25, -0.2) is 0 Å². The number of carbonyl (C=O) groups is 1. The van der Waals surface area contributed by atoms with Gasteiger partial charge < -0.3 is 14.8 Å². The number of rotatable bonds is 8. The van der Waals surface area contributed by atoms with E-state index < -0.39 is 5.60 Å². The first kappa shape index (κ1) is 19.2. The third kappa shape index (κ3) is 4.57. The highest BCUT2D eigenvalue weighted by Gasteiger charge is 2.47. The van der Waals surface area contributed by atoms with Crippen LogP contribution in [0.4, 0.5) is 5.69 Å². The van der Waals surface area contributed by atoms with E-state index in [1.807, 2.05) is 31.2 Å². The molecule has 1 N–H and O–H groups in total. The van der Waals surface area contributed by atoms with E-state index in [4.69, 9.17) is 9.47 Å². The van der Waals surface area contributed by atoms with E-state index in [0.717, 1.165) is 30.8 Å². The summed E-state index contributed by atoms with van der Waals surface area (Å²) >= 11 is 0. The molecule has 0 bridgehead atoms. The molecule has 1 saturated carbocycles. The summed E-state index contributed by atoms with van der Waals surface area (Å²) in [5.74, 6) is 1.09. The number of piperidine rings is 1. The van der Waals surface area contributed by atoms with Gasteiger partial charge in [-0.2, -0.15) is 0 Å². The molecule has 144 valence electrons. The van der Waals surface area contributed by atoms with Crippen molar-refractivity contribution in [1.82, 2.24) is 4.90 Å². The molecule has 5 nitrogen and oxygen atoms in total. The van der Waals surface area contributed by atoms with Gasteiger partial charge in [0.2, 0.25) is 0 Å². The maximum Gasteiger partial charge on any atom is 0.256 e. The lowest BCUT2D eigenvalue weighted by atomic mass is 9.99. The van der Waals surface area contributed by atoms with E-state index in [9.17, 15) is 4.79 Å². The molecule has 1 aliphatic carbocycles. The molecule has 26 heavy (non-hydrogen) atoms. The zero-order valence-corrected chi connectivity index (χ0v) is 16.3. The van der Waals surface area contributed by atoms with Crippen LogP contribution in [-0.2, 0) is 9.53 Å². The summed E-state index contributed by atoms with van der Waals surface area (Å²) in [5, 5.41) is 2.97. The highest BCUT2D eigenvalue weighted by atomic mass is 16.5. The SMILES string of the molecule is CO[C@](C)(C(=O)Nc1ccc(OCCN2CCCC[C@@H]2C)cc1)C1CC1. The van der Waals surface area contributed by atoms with Crippen molar-refractivity contribution in [2.75, 3.05) is 32.1 Å². The van der Waals surface area contributed by atoms with Gasteiger partial charge in [-0.15, -0.1) is 0 Å². The molecule has 0 radical (unpaired) electrons. The highest BCUT2D eigenvalue weighted by Crippen LogP contribution is 2.42. The number of hydrogen-bond acceptors (Lipinski definition) is 4. The molecule has 0 aromatic heterocycles. The Morgan fingerprint density at radius 2 is 1.96 bits per heavy atom. The van der Waals surface area contributed by atoms with Crippen molar-refractivity contribution in [3.05, 3.63) is 24.3 Å². The van der Waals surface area contributed by atoms with Gasteiger partial charge in [0.25, 0.3) is 5.91 Å². The van der Waals surface area contributed by atoms with Gasteiger partial charge in [0, 0.05) is 25.4 Å². The van der Waals surface area contributed by atoms with Crippen LogP contribution in [0.5, 0.6) is 5.75 Å². The van der Waals surface area contributed by atoms with Gasteiger partial charge in [-0.1, -0.05) is 6.42 Å². The Morgan fingerprint density at radius 1 is 1.23 bits per heavy atom. The van der Waals surface area contributed by atoms with Crippen LogP contribution in [-0.4, -0.2) is 49.3 Å². The number of likely N-dealkylation sites (tertiary alicyclic amines) is 1. The smallest absolute Gasteiger partial charge is 0.256 e. The first-order chi connectivity index (χ1) is 12.5. The number of benzene rings is 1. The molecule has 1 saturated heterocycles. The van der Waals surface area contributed by atoms with Crippen LogP contribution in [0.25, 0.3) is 0 Å². The minimum absolute atomic E-state index is 0.0738. The minimum Gasteiger partial charge on any atom is -0.492 e. The molecule has 0 unspecified atom stereocenters. The van der Waals surface area contributed by atoms with Gasteiger partial charge >= 0.3 is 0 Å². The standard InChI is InChI=1S/C21H32N2O3/c1-16-6-4-5-13-23(16)14-15-26-19-11-9-18(10-12-19)22-20(24)21(2,25-3)17-7-8-17/h9-12,16-17H,4-8,13-15H2,1-3H3,(H,22,24)/t16-,21-/m0/s1. The summed E-state index contributed by atoms with van der Waals surface area (Å²) in [4.78, 5) is 15.0. The average Bonchev–Trinajstić information content (AvgIpc) is 3.49. The second-order valence-corrected chi connectivity index (χ2v) is 7.79. The Bertz CT molecular complexity index is 600. The molecular weight excluding hydrogens is 328 g/mol. The van der Waals surface area contributed by atoms with Crippen LogP contribution in [0, 0.1) is 5.92 Å². The second-order valence-electron chi connectivity index (χ2n) is 7.79. The summed E-state index contributed by atoms with van der Waals surface area (Å²) in [6.07, 6.45) is 6.03. The Balaban J connectivity index is 1.46. The van der Waals surface area contributed by atoms with Crippen molar-refractivity contribution >= 4 is 11.6 Å². The third-order valence-corrected chi connectivity index (χ3v) is 5.93. The van der Waals surface area contributed by atoms with E-state index in [1.165, 1.54) is 25.8 Å². The number of nitrogens with one attached hydrogen (secondary N) is 1. The fourth-order valence-electron chi connectivity index (χ4n) is 3.74. The predicted molar refractivity (Wildman–Crippen MR) is 104 cm³/mol. The maximum atomic E-state index is 12.5. The van der Waals surface area contributed by atoms with E-state index in [2.05, 4.69) is 17.1 Å². The lowest BCUT2D eigenvalue weighted by Gasteiger charge is -2.33. The Kier molecular flexibility index (Phi) is 6.20. The second kappa shape index (κ2) is 8.40. The Hall–Kier alpha value is -1.59. The van der Waals surface area contributed by atoms with Crippen LogP contribution in [0.2, 0.25) is 0 Å². The Morgan fingerprint density at radius 3 is 2.58 bits per heavy atom. The molecule has 1 aromatic carbocycles. The highest BCUT2D eigenvalue weighted by molar-refractivity contribution is 5.97. The molecule has 1 aromatic rings. The number of amides is 1. The van der Waals surface area contributed by atoms with Crippen molar-refractivity contribution in [2.24, 2.45) is 5.92 Å². The van der Waals surface area contributed by atoms with Gasteiger partial charge in [0.1, 0.15) is 18.0 Å². The largest absolute Gasteiger partial charge is 0.492 e. The average molecular weight is 360 g/mol. The topological polar surface area (TPSA) is 50.8 Å². The quantitative estimate of drug-likeness (QED) is 0.768. The van der Waals surface area contributed by atoms with Gasteiger partial charge in [0.05, 0.1) is 0 Å². The van der Waals surface area contributed by atoms with Crippen molar-refractivity contribution in [3.63, 3.8) is 0 Å². The Labute approximate surface area is 157 Å². The monoisotopic (exact) mass is 360 g/mol. The number of nitrogens with zero attached hydrogens (tertiary/aromatic N) is 1. The number of ether oxygens (including phenoxy) is 2. The van der Waals surface area contributed by atoms with E-state index >= 15 is 0 Å². The number of carbonyl (C=O) groups excluding carboxylic acids is 1. The van der Waals surface area contributed by atoms with Crippen LogP contribution >= 0.6 is 0 Å². The fraction of sp³-hybridized carbons (Fsp3) is 0.667. The maximum absolute atomic E-state index is 12.5. The first-order valence-electron chi connectivity index (χ1n) is 9.86. The van der Waals surface area contributed by atoms with Gasteiger partial charge in [0.15, 0.2) is 0 Å². The molecule has 3 rings (SSSR count). The van der Waals surface area contributed by atoms with Gasteiger partial charge in [-0.3, -0.25) is 9.69 Å². The molecule has 1 amide bonds. The molecular formula is C21H32N2O3. The number of anilines is 1. The normalized spacial score (nSPS) is 23.3. The molecule has 2 fully saturated rings. The summed E-state index contributed by atoms with van der Waals surface area (Å²) < 4.78 is 11.4. The predicted octanol–water partition coefficient (Wildman–Crippen LogP) is 3.69. The summed E-state index contributed by atoms with van der Waals surface area (Å²) in [5.41, 5.74) is 0.0382. The first-order valence-corrected chi connectivity index (χ1v) is 9.86. The number of methoxy groups -OCH3 is 1. The van der Waals surface area contributed by atoms with Crippen LogP contribution < -0.4 is 10.1 Å². The summed E-state index contributed by atoms with van der Waals surface area (Å²) in [7, 11) is 1.61. The molecule has 2 atom stereocenters. The minimum atomic E-state index is -0.736. The summed E-state index contributed by atoms with van der Waals surface area (Å²) in [6, 6.07) is 8.26. The van der Waals surface area contributed by atoms with Crippen LogP contribution in [0.1, 0.15) is 46.0 Å². The molecule has 1 heterocycles. The van der Waals surface area contributed by atoms with Crippen molar-refractivity contribution in [3.8, 4) is 5.75 Å². The van der Waals surface area contributed by atoms with Gasteiger partial charge in [-0.05, 0) is 76.3 Å². The molecule has 1 aliphatic heterocycles. The molecule has 2 aliphatic rings. The van der Waals surface area contributed by atoms with Crippen molar-refractivity contribution in [2.45, 2.75) is 57.6 Å². The van der Waals surface area contributed by atoms with Crippen molar-refractivity contribution in [1.29, 1.82) is 0 Å². The lowest BCUT2D eigenvalue weighted by molar-refractivity contribution is -0.138. The molecule has 0 spiro atoms. The number of hydrogen-bond donors (Lipinski definition) is 1. The third-order valence-electron chi connectivity index (χ3n) is 5.93. The zero-order valence-electron chi connectivity index (χ0n) is 16.3. The van der Waals surface area contributed by atoms with E-state index in [-0.39, 0.29) is 5.91 Å². The fourth-order valence-corrected chi connectivity index (χ4v) is 3.74. The lowest BCUT2D eigenvalue weighted by Crippen LogP contribution is -2.44. The van der Waals surface area contributed by atoms with E-state index in [1.54, 1.807) is 7.11 Å². The summed E-state index contributed by atoms with van der Waals surface area (Å²) in [6.45, 7) is 7.01. The van der Waals surface area contributed by atoms with Crippen LogP contribution in [0.15, 0.2) is 24.3 Å². The zero-order chi connectivity index (χ0) is 18.6.